The Balaban J connectivity index is 1.37. The normalized spacial score (nSPS) is 15.8. The summed E-state index contributed by atoms with van der Waals surface area (Å²) in [6.45, 7) is 0.346. The number of aromatic amines is 1. The summed E-state index contributed by atoms with van der Waals surface area (Å²) < 4.78 is 0. The molecule has 1 aromatic heterocycles. The first-order chi connectivity index (χ1) is 15.6. The van der Waals surface area contributed by atoms with E-state index in [1.165, 1.54) is 0 Å². The van der Waals surface area contributed by atoms with E-state index in [-0.39, 0.29) is 11.9 Å². The molecule has 1 atom stereocenters. The lowest BCUT2D eigenvalue weighted by atomic mass is 10.0. The van der Waals surface area contributed by atoms with Gasteiger partial charge in [-0.1, -0.05) is 65.7 Å². The van der Waals surface area contributed by atoms with E-state index in [2.05, 4.69) is 10.3 Å². The van der Waals surface area contributed by atoms with E-state index in [4.69, 9.17) is 28.3 Å². The van der Waals surface area contributed by atoms with E-state index in [9.17, 15) is 4.79 Å². The van der Waals surface area contributed by atoms with Gasteiger partial charge in [0.25, 0.3) is 5.91 Å². The molecule has 7 heteroatoms. The van der Waals surface area contributed by atoms with Gasteiger partial charge >= 0.3 is 0 Å². The summed E-state index contributed by atoms with van der Waals surface area (Å²) in [4.78, 5) is 15.9. The summed E-state index contributed by atoms with van der Waals surface area (Å²) in [5.41, 5.74) is 4.24. The smallest absolute Gasteiger partial charge is 0.268 e. The molecule has 2 heterocycles. The number of anilines is 1. The molecular formula is C25H20Cl2N4O. The summed E-state index contributed by atoms with van der Waals surface area (Å²) in [7, 11) is 0. The van der Waals surface area contributed by atoms with Gasteiger partial charge in [0, 0.05) is 22.3 Å². The van der Waals surface area contributed by atoms with Crippen LogP contribution < -0.4 is 10.3 Å². The molecule has 0 spiro atoms. The van der Waals surface area contributed by atoms with Crippen molar-refractivity contribution in [3.8, 4) is 0 Å². The van der Waals surface area contributed by atoms with Crippen LogP contribution in [0, 0.1) is 0 Å². The van der Waals surface area contributed by atoms with Crippen molar-refractivity contribution in [1.29, 1.82) is 0 Å². The third kappa shape index (κ3) is 4.09. The lowest BCUT2D eigenvalue weighted by Crippen LogP contribution is -2.29. The van der Waals surface area contributed by atoms with Gasteiger partial charge in [0.1, 0.15) is 5.69 Å². The Kier molecular flexibility index (Phi) is 5.60. The van der Waals surface area contributed by atoms with Gasteiger partial charge < -0.3 is 10.3 Å². The lowest BCUT2D eigenvalue weighted by Gasteiger charge is -2.24. The highest BCUT2D eigenvalue weighted by Crippen LogP contribution is 2.38. The van der Waals surface area contributed by atoms with Crippen LogP contribution in [0.25, 0.3) is 10.9 Å². The maximum absolute atomic E-state index is 12.7. The minimum atomic E-state index is -0.164. The molecule has 0 radical (unpaired) electrons. The molecule has 0 bridgehead atoms. The molecule has 0 saturated heterocycles. The molecule has 3 aromatic carbocycles. The zero-order valence-corrected chi connectivity index (χ0v) is 18.6. The molecule has 0 aliphatic carbocycles. The van der Waals surface area contributed by atoms with E-state index >= 15 is 0 Å². The highest BCUT2D eigenvalue weighted by atomic mass is 35.5. The van der Waals surface area contributed by atoms with E-state index < -0.39 is 0 Å². The Hall–Kier alpha value is -3.28. The number of carbonyl (C=O) groups excluding carboxylic acids is 1. The number of nitrogens with one attached hydrogen (secondary N) is 2. The highest BCUT2D eigenvalue weighted by molar-refractivity contribution is 6.33. The van der Waals surface area contributed by atoms with Crippen molar-refractivity contribution in [2.24, 2.45) is 5.10 Å². The fourth-order valence-electron chi connectivity index (χ4n) is 3.96. The average molecular weight is 463 g/mol. The lowest BCUT2D eigenvalue weighted by molar-refractivity contribution is 0.0955. The minimum Gasteiger partial charge on any atom is -0.351 e. The standard InChI is InChI=1S/C25H20Cl2N4O/c26-18-11-9-16(10-12-18)24-14-19(30-31(24)23-8-4-2-6-20(23)27)15-28-25(32)22-13-17-5-1-3-7-21(17)29-22/h1-13,24,29H,14-15H2,(H,28,32). The van der Waals surface area contributed by atoms with Gasteiger partial charge in [-0.05, 0) is 42.0 Å². The van der Waals surface area contributed by atoms with Crippen LogP contribution in [0.4, 0.5) is 5.69 Å². The van der Waals surface area contributed by atoms with Crippen molar-refractivity contribution in [2.75, 3.05) is 11.6 Å². The molecule has 5 nitrogen and oxygen atoms in total. The molecule has 0 fully saturated rings. The Bertz CT molecular complexity index is 1280. The molecule has 160 valence electrons. The Morgan fingerprint density at radius 2 is 1.78 bits per heavy atom. The van der Waals surface area contributed by atoms with E-state index in [0.717, 1.165) is 27.9 Å². The first-order valence-electron chi connectivity index (χ1n) is 10.3. The van der Waals surface area contributed by atoms with Crippen LogP contribution in [0.5, 0.6) is 0 Å². The summed E-state index contributed by atoms with van der Waals surface area (Å²) in [5, 5.41) is 12.0. The zero-order valence-electron chi connectivity index (χ0n) is 17.1. The molecular weight excluding hydrogens is 443 g/mol. The monoisotopic (exact) mass is 462 g/mol. The number of halogens is 2. The van der Waals surface area contributed by atoms with Gasteiger partial charge in [-0.15, -0.1) is 0 Å². The molecule has 1 aliphatic heterocycles. The van der Waals surface area contributed by atoms with Crippen LogP contribution >= 0.6 is 23.2 Å². The highest BCUT2D eigenvalue weighted by Gasteiger charge is 2.30. The van der Waals surface area contributed by atoms with Crippen LogP contribution in [0.1, 0.15) is 28.5 Å². The molecule has 0 saturated carbocycles. The summed E-state index contributed by atoms with van der Waals surface area (Å²) in [6.07, 6.45) is 0.667. The van der Waals surface area contributed by atoms with Crippen molar-refractivity contribution < 1.29 is 4.79 Å². The van der Waals surface area contributed by atoms with E-state index in [1.807, 2.05) is 83.9 Å². The van der Waals surface area contributed by atoms with Crippen LogP contribution in [0.2, 0.25) is 10.0 Å². The predicted molar refractivity (Wildman–Crippen MR) is 131 cm³/mol. The number of benzene rings is 3. The first-order valence-corrected chi connectivity index (χ1v) is 11.1. The third-order valence-electron chi connectivity index (χ3n) is 5.55. The second kappa shape index (κ2) is 8.69. The SMILES string of the molecule is O=C(NCC1=NN(c2ccccc2Cl)C(c2ccc(Cl)cc2)C1)c1cc2ccccc2[nH]1. The molecule has 1 unspecified atom stereocenters. The number of hydrogen-bond donors (Lipinski definition) is 2. The van der Waals surface area contributed by atoms with E-state index in [0.29, 0.717) is 28.7 Å². The van der Waals surface area contributed by atoms with Gasteiger partial charge in [-0.2, -0.15) is 5.10 Å². The van der Waals surface area contributed by atoms with Crippen molar-refractivity contribution in [3.63, 3.8) is 0 Å². The number of H-pyrrole nitrogens is 1. The molecule has 1 aliphatic rings. The fourth-order valence-corrected chi connectivity index (χ4v) is 4.30. The number of hydrogen-bond acceptors (Lipinski definition) is 3. The van der Waals surface area contributed by atoms with Crippen LogP contribution in [0.3, 0.4) is 0 Å². The van der Waals surface area contributed by atoms with Gasteiger partial charge in [-0.25, -0.2) is 0 Å². The maximum atomic E-state index is 12.7. The van der Waals surface area contributed by atoms with Crippen LogP contribution in [-0.2, 0) is 0 Å². The van der Waals surface area contributed by atoms with E-state index in [1.54, 1.807) is 0 Å². The van der Waals surface area contributed by atoms with Crippen molar-refractivity contribution in [3.05, 3.63) is 100 Å². The molecule has 2 N–H and O–H groups in total. The van der Waals surface area contributed by atoms with Gasteiger partial charge in [0.15, 0.2) is 0 Å². The molecule has 4 aromatic rings. The zero-order chi connectivity index (χ0) is 22.1. The summed E-state index contributed by atoms with van der Waals surface area (Å²) in [5.74, 6) is -0.164. The second-order valence-corrected chi connectivity index (χ2v) is 8.53. The Labute approximate surface area is 195 Å². The minimum absolute atomic E-state index is 0.0351. The number of rotatable bonds is 5. The number of hydrazone groups is 1. The molecule has 32 heavy (non-hydrogen) atoms. The molecule has 5 rings (SSSR count). The van der Waals surface area contributed by atoms with Gasteiger partial charge in [0.2, 0.25) is 0 Å². The predicted octanol–water partition coefficient (Wildman–Crippen LogP) is 6.21. The van der Waals surface area contributed by atoms with Crippen molar-refractivity contribution in [1.82, 2.24) is 10.3 Å². The number of amides is 1. The first kappa shape index (κ1) is 20.6. The Morgan fingerprint density at radius 1 is 1.03 bits per heavy atom. The second-order valence-electron chi connectivity index (χ2n) is 7.69. The largest absolute Gasteiger partial charge is 0.351 e. The van der Waals surface area contributed by atoms with Crippen molar-refractivity contribution in [2.45, 2.75) is 12.5 Å². The number of aromatic nitrogens is 1. The third-order valence-corrected chi connectivity index (χ3v) is 6.13. The fraction of sp³-hybridized carbons (Fsp3) is 0.120. The number of carbonyl (C=O) groups is 1. The summed E-state index contributed by atoms with van der Waals surface area (Å²) in [6, 6.07) is 25.0. The number of nitrogens with zero attached hydrogens (tertiary/aromatic N) is 2. The number of fused-ring (bicyclic) bond motifs is 1. The quantitative estimate of drug-likeness (QED) is 0.370. The Morgan fingerprint density at radius 3 is 2.56 bits per heavy atom. The average Bonchev–Trinajstić information content (AvgIpc) is 3.43. The molecule has 1 amide bonds. The van der Waals surface area contributed by atoms with Gasteiger partial charge in [-0.3, -0.25) is 9.80 Å². The van der Waals surface area contributed by atoms with Gasteiger partial charge in [0.05, 0.1) is 29.0 Å². The van der Waals surface area contributed by atoms with Crippen LogP contribution in [0.15, 0.2) is 84.0 Å². The maximum Gasteiger partial charge on any atom is 0.268 e. The number of para-hydroxylation sites is 2. The van der Waals surface area contributed by atoms with Crippen LogP contribution in [-0.4, -0.2) is 23.1 Å². The summed E-state index contributed by atoms with van der Waals surface area (Å²) >= 11 is 12.6. The topological polar surface area (TPSA) is 60.5 Å². The van der Waals surface area contributed by atoms with Crippen molar-refractivity contribution >= 4 is 51.4 Å².